The number of urea groups is 1. The van der Waals surface area contributed by atoms with Gasteiger partial charge in [0.2, 0.25) is 0 Å². The Bertz CT molecular complexity index is 885. The molecule has 0 aliphatic carbocycles. The molecule has 0 unspecified atom stereocenters. The second kappa shape index (κ2) is 6.21. The highest BCUT2D eigenvalue weighted by atomic mass is 35.5. The number of rotatable bonds is 2. The minimum Gasteiger partial charge on any atom is -0.358 e. The van der Waals surface area contributed by atoms with E-state index in [9.17, 15) is 4.79 Å². The zero-order valence-electron chi connectivity index (χ0n) is 13.2. The van der Waals surface area contributed by atoms with E-state index in [1.165, 1.54) is 16.6 Å². The van der Waals surface area contributed by atoms with Crippen LogP contribution in [-0.2, 0) is 19.5 Å². The van der Waals surface area contributed by atoms with Gasteiger partial charge in [0.15, 0.2) is 0 Å². The number of hydrogen-bond donors (Lipinski definition) is 2. The van der Waals surface area contributed by atoms with Gasteiger partial charge in [0, 0.05) is 53.2 Å². The van der Waals surface area contributed by atoms with Crippen LogP contribution in [0.25, 0.3) is 10.9 Å². The number of carbonyl (C=O) groups is 1. The minimum atomic E-state index is -0.0270. The fourth-order valence-electron chi connectivity index (χ4n) is 3.23. The third-order valence-corrected chi connectivity index (χ3v) is 4.78. The zero-order chi connectivity index (χ0) is 16.5. The molecule has 0 saturated carbocycles. The van der Waals surface area contributed by atoms with Gasteiger partial charge in [0.1, 0.15) is 0 Å². The summed E-state index contributed by atoms with van der Waals surface area (Å²) in [5.74, 6) is 0. The summed E-state index contributed by atoms with van der Waals surface area (Å²) in [5, 5.41) is 4.91. The van der Waals surface area contributed by atoms with Gasteiger partial charge < -0.3 is 15.2 Å². The van der Waals surface area contributed by atoms with Crippen LogP contribution >= 0.6 is 11.6 Å². The maximum absolute atomic E-state index is 12.5. The van der Waals surface area contributed by atoms with Gasteiger partial charge in [-0.1, -0.05) is 41.9 Å². The fourth-order valence-corrected chi connectivity index (χ4v) is 3.36. The first kappa shape index (κ1) is 15.1. The molecule has 1 aliphatic heterocycles. The maximum atomic E-state index is 12.5. The normalized spacial score (nSPS) is 13.8. The second-order valence-electron chi connectivity index (χ2n) is 6.08. The van der Waals surface area contributed by atoms with Crippen LogP contribution in [0.4, 0.5) is 4.79 Å². The van der Waals surface area contributed by atoms with Crippen molar-refractivity contribution < 1.29 is 4.79 Å². The number of aromatic amines is 1. The number of nitrogens with one attached hydrogen (secondary N) is 2. The molecular weight excluding hydrogens is 322 g/mol. The number of amides is 2. The lowest BCUT2D eigenvalue weighted by Gasteiger charge is -2.27. The third-order valence-electron chi connectivity index (χ3n) is 4.53. The molecule has 5 heteroatoms. The summed E-state index contributed by atoms with van der Waals surface area (Å²) in [6.07, 6.45) is 0.860. The average Bonchev–Trinajstić information content (AvgIpc) is 2.99. The van der Waals surface area contributed by atoms with E-state index in [4.69, 9.17) is 11.6 Å². The van der Waals surface area contributed by atoms with Crippen molar-refractivity contribution in [1.82, 2.24) is 15.2 Å². The maximum Gasteiger partial charge on any atom is 0.317 e. The first-order chi connectivity index (χ1) is 11.7. The Morgan fingerprint density at radius 1 is 1.17 bits per heavy atom. The number of carbonyl (C=O) groups excluding carboxylic acids is 1. The monoisotopic (exact) mass is 339 g/mol. The van der Waals surface area contributed by atoms with E-state index >= 15 is 0 Å². The van der Waals surface area contributed by atoms with Crippen LogP contribution in [0, 0.1) is 0 Å². The molecule has 4 rings (SSSR count). The number of nitrogens with zero attached hydrogens (tertiary/aromatic N) is 1. The van der Waals surface area contributed by atoms with E-state index in [1.54, 1.807) is 0 Å². The highest BCUT2D eigenvalue weighted by Crippen LogP contribution is 2.27. The molecule has 4 nitrogen and oxygen atoms in total. The average molecular weight is 340 g/mol. The molecule has 2 amide bonds. The summed E-state index contributed by atoms with van der Waals surface area (Å²) in [6.45, 7) is 1.88. The van der Waals surface area contributed by atoms with Crippen molar-refractivity contribution in [2.45, 2.75) is 19.5 Å². The van der Waals surface area contributed by atoms with Crippen LogP contribution in [0.2, 0.25) is 5.02 Å². The summed E-state index contributed by atoms with van der Waals surface area (Å²) in [5.41, 5.74) is 4.67. The Morgan fingerprint density at radius 2 is 1.96 bits per heavy atom. The van der Waals surface area contributed by atoms with Gasteiger partial charge in [-0.3, -0.25) is 0 Å². The Hall–Kier alpha value is -2.46. The van der Waals surface area contributed by atoms with E-state index in [-0.39, 0.29) is 6.03 Å². The quantitative estimate of drug-likeness (QED) is 0.726. The molecule has 3 aromatic rings. The van der Waals surface area contributed by atoms with Crippen molar-refractivity contribution in [1.29, 1.82) is 0 Å². The highest BCUT2D eigenvalue weighted by Gasteiger charge is 2.23. The lowest BCUT2D eigenvalue weighted by atomic mass is 10.0. The lowest BCUT2D eigenvalue weighted by Crippen LogP contribution is -2.42. The number of fused-ring (bicyclic) bond motifs is 3. The minimum absolute atomic E-state index is 0.0270. The van der Waals surface area contributed by atoms with Crippen LogP contribution in [-0.4, -0.2) is 22.5 Å². The first-order valence-electron chi connectivity index (χ1n) is 8.06. The highest BCUT2D eigenvalue weighted by molar-refractivity contribution is 6.30. The molecule has 0 atom stereocenters. The Morgan fingerprint density at radius 3 is 2.79 bits per heavy atom. The number of H-pyrrole nitrogens is 1. The Kier molecular flexibility index (Phi) is 3.90. The number of aromatic nitrogens is 1. The molecule has 0 saturated heterocycles. The van der Waals surface area contributed by atoms with Crippen molar-refractivity contribution in [3.8, 4) is 0 Å². The summed E-state index contributed by atoms with van der Waals surface area (Å²) >= 11 is 5.88. The topological polar surface area (TPSA) is 48.1 Å². The van der Waals surface area contributed by atoms with Crippen LogP contribution in [0.15, 0.2) is 48.5 Å². The molecule has 2 heterocycles. The summed E-state index contributed by atoms with van der Waals surface area (Å²) in [7, 11) is 0. The molecule has 2 N–H and O–H groups in total. The van der Waals surface area contributed by atoms with E-state index < -0.39 is 0 Å². The van der Waals surface area contributed by atoms with Gasteiger partial charge in [-0.15, -0.1) is 0 Å². The van der Waals surface area contributed by atoms with Crippen molar-refractivity contribution in [3.05, 3.63) is 70.4 Å². The van der Waals surface area contributed by atoms with Crippen molar-refractivity contribution in [3.63, 3.8) is 0 Å². The number of benzene rings is 2. The van der Waals surface area contributed by atoms with Crippen LogP contribution in [0.5, 0.6) is 0 Å². The number of para-hydroxylation sites is 1. The van der Waals surface area contributed by atoms with Gasteiger partial charge in [-0.2, -0.15) is 0 Å². The molecule has 2 aromatic carbocycles. The molecule has 122 valence electrons. The van der Waals surface area contributed by atoms with Gasteiger partial charge in [0.25, 0.3) is 0 Å². The molecule has 0 bridgehead atoms. The summed E-state index contributed by atoms with van der Waals surface area (Å²) in [6, 6.07) is 15.8. The number of halogens is 1. The standard InChI is InChI=1S/C19H18ClN3O/c20-14-7-5-13(6-8-14)11-21-19(24)23-10-9-18-16(12-23)15-3-1-2-4-17(15)22-18/h1-8,22H,9-12H2,(H,21,24). The molecular formula is C19H18ClN3O. The molecule has 1 aliphatic rings. The van der Waals surface area contributed by atoms with Gasteiger partial charge in [0.05, 0.1) is 0 Å². The summed E-state index contributed by atoms with van der Waals surface area (Å²) in [4.78, 5) is 17.8. The largest absolute Gasteiger partial charge is 0.358 e. The molecule has 0 radical (unpaired) electrons. The predicted octanol–water partition coefficient (Wildman–Crippen LogP) is 4.09. The number of hydrogen-bond acceptors (Lipinski definition) is 1. The van der Waals surface area contributed by atoms with E-state index in [0.29, 0.717) is 18.1 Å². The zero-order valence-corrected chi connectivity index (χ0v) is 13.9. The van der Waals surface area contributed by atoms with Crippen LogP contribution < -0.4 is 5.32 Å². The molecule has 1 aromatic heterocycles. The second-order valence-corrected chi connectivity index (χ2v) is 6.52. The SMILES string of the molecule is O=C(NCc1ccc(Cl)cc1)N1CCc2[nH]c3ccccc3c2C1. The van der Waals surface area contributed by atoms with Gasteiger partial charge in [-0.25, -0.2) is 4.79 Å². The predicted molar refractivity (Wildman–Crippen MR) is 96.1 cm³/mol. The smallest absolute Gasteiger partial charge is 0.317 e. The Balaban J connectivity index is 1.45. The van der Waals surface area contributed by atoms with Gasteiger partial charge in [-0.05, 0) is 23.8 Å². The molecule has 24 heavy (non-hydrogen) atoms. The van der Waals surface area contributed by atoms with Crippen LogP contribution in [0.1, 0.15) is 16.8 Å². The van der Waals surface area contributed by atoms with E-state index in [1.807, 2.05) is 41.3 Å². The van der Waals surface area contributed by atoms with Crippen molar-refractivity contribution in [2.24, 2.45) is 0 Å². The molecule has 0 fully saturated rings. The van der Waals surface area contributed by atoms with E-state index in [0.717, 1.165) is 24.0 Å². The van der Waals surface area contributed by atoms with E-state index in [2.05, 4.69) is 22.4 Å². The van der Waals surface area contributed by atoms with Crippen molar-refractivity contribution >= 4 is 28.5 Å². The summed E-state index contributed by atoms with van der Waals surface area (Å²) < 4.78 is 0. The van der Waals surface area contributed by atoms with Crippen molar-refractivity contribution in [2.75, 3.05) is 6.54 Å². The Labute approximate surface area is 145 Å². The first-order valence-corrected chi connectivity index (χ1v) is 8.44. The fraction of sp³-hybridized carbons (Fsp3) is 0.211. The van der Waals surface area contributed by atoms with Gasteiger partial charge >= 0.3 is 6.03 Å². The van der Waals surface area contributed by atoms with Crippen LogP contribution in [0.3, 0.4) is 0 Å². The molecule has 0 spiro atoms. The lowest BCUT2D eigenvalue weighted by molar-refractivity contribution is 0.192. The third kappa shape index (κ3) is 2.85.